The predicted octanol–water partition coefficient (Wildman–Crippen LogP) is 3.31. The Balaban J connectivity index is 1.42. The molecule has 1 aromatic carbocycles. The van der Waals surface area contributed by atoms with Gasteiger partial charge in [0.05, 0.1) is 12.2 Å². The highest BCUT2D eigenvalue weighted by Gasteiger charge is 2.30. The summed E-state index contributed by atoms with van der Waals surface area (Å²) in [6, 6.07) is 11.3. The second-order valence-electron chi connectivity index (χ2n) is 9.80. The van der Waals surface area contributed by atoms with Crippen molar-refractivity contribution in [2.24, 2.45) is 7.05 Å². The molecule has 1 saturated heterocycles. The average molecular weight is 544 g/mol. The standard InChI is InChI=1S/C28H33N9O3/c1-5-24(38)40-19(3)37-33-26(32-34-37)25-23(17-31-35(25)4)20-10-12-21(13-11-20)28(39)36(22-9-7-14-29-16-22)27-18(2)8-6-15-30-27/h6,8,10-13,15,17,19,22,29H,5,7,9,14,16H2,1-4H3/t19?,22-/m1/s1. The van der Waals surface area contributed by atoms with Crippen LogP contribution in [0.3, 0.4) is 0 Å². The lowest BCUT2D eigenvalue weighted by Gasteiger charge is -2.34. The van der Waals surface area contributed by atoms with E-state index in [-0.39, 0.29) is 24.3 Å². The number of carbonyl (C=O) groups is 2. The van der Waals surface area contributed by atoms with Gasteiger partial charge in [-0.3, -0.25) is 19.2 Å². The van der Waals surface area contributed by atoms with Gasteiger partial charge in [0.25, 0.3) is 5.91 Å². The van der Waals surface area contributed by atoms with E-state index in [4.69, 9.17) is 4.74 Å². The van der Waals surface area contributed by atoms with Crippen LogP contribution in [0.15, 0.2) is 48.8 Å². The first-order valence-corrected chi connectivity index (χ1v) is 13.4. The van der Waals surface area contributed by atoms with E-state index in [0.717, 1.165) is 42.6 Å². The maximum Gasteiger partial charge on any atom is 0.307 e. The van der Waals surface area contributed by atoms with Gasteiger partial charge in [-0.05, 0) is 67.8 Å². The number of anilines is 1. The molecule has 12 heteroatoms. The molecule has 5 rings (SSSR count). The predicted molar refractivity (Wildman–Crippen MR) is 148 cm³/mol. The topological polar surface area (TPSA) is 133 Å². The Labute approximate surface area is 232 Å². The van der Waals surface area contributed by atoms with Gasteiger partial charge in [0.15, 0.2) is 0 Å². The average Bonchev–Trinajstić information content (AvgIpc) is 3.61. The maximum atomic E-state index is 13.9. The van der Waals surface area contributed by atoms with E-state index in [9.17, 15) is 9.59 Å². The van der Waals surface area contributed by atoms with Gasteiger partial charge in [0, 0.05) is 37.3 Å². The molecular formula is C28H33N9O3. The van der Waals surface area contributed by atoms with Crippen LogP contribution in [-0.2, 0) is 16.6 Å². The number of aromatic nitrogens is 7. The van der Waals surface area contributed by atoms with Gasteiger partial charge in [0.2, 0.25) is 12.1 Å². The molecule has 1 aliphatic heterocycles. The lowest BCUT2D eigenvalue weighted by Crippen LogP contribution is -2.49. The van der Waals surface area contributed by atoms with Gasteiger partial charge in [-0.2, -0.15) is 5.10 Å². The number of esters is 1. The molecule has 0 saturated carbocycles. The molecule has 0 aliphatic carbocycles. The lowest BCUT2D eigenvalue weighted by atomic mass is 10.0. The van der Waals surface area contributed by atoms with Crippen LogP contribution < -0.4 is 10.2 Å². The summed E-state index contributed by atoms with van der Waals surface area (Å²) in [5.41, 5.74) is 3.81. The van der Waals surface area contributed by atoms with Crippen LogP contribution >= 0.6 is 0 Å². The number of rotatable bonds is 8. The number of piperidine rings is 1. The van der Waals surface area contributed by atoms with Crippen LogP contribution in [0.4, 0.5) is 5.82 Å². The number of carbonyl (C=O) groups excluding carboxylic acids is 2. The number of aryl methyl sites for hydroxylation is 2. The van der Waals surface area contributed by atoms with Crippen molar-refractivity contribution >= 4 is 17.7 Å². The Hall–Kier alpha value is -4.45. The SMILES string of the molecule is CCC(=O)OC(C)n1nnc(-c2c(-c3ccc(C(=O)N(c4ncccc4C)[C@@H]4CCCNC4)cc3)cnn2C)n1. The monoisotopic (exact) mass is 543 g/mol. The molecule has 4 heterocycles. The number of amides is 1. The smallest absolute Gasteiger partial charge is 0.307 e. The summed E-state index contributed by atoms with van der Waals surface area (Å²) in [5.74, 6) is 0.594. The van der Waals surface area contributed by atoms with Crippen molar-refractivity contribution < 1.29 is 14.3 Å². The Morgan fingerprint density at radius 2 is 2.02 bits per heavy atom. The van der Waals surface area contributed by atoms with Crippen molar-refractivity contribution in [1.29, 1.82) is 0 Å². The van der Waals surface area contributed by atoms with Crippen LogP contribution in [0.5, 0.6) is 0 Å². The minimum atomic E-state index is -0.694. The molecule has 0 bridgehead atoms. The van der Waals surface area contributed by atoms with E-state index in [1.807, 2.05) is 48.2 Å². The van der Waals surface area contributed by atoms with Gasteiger partial charge in [-0.1, -0.05) is 25.1 Å². The zero-order chi connectivity index (χ0) is 28.2. The number of nitrogens with zero attached hydrogens (tertiary/aromatic N) is 8. The van der Waals surface area contributed by atoms with Crippen LogP contribution in [-0.4, -0.2) is 66.0 Å². The number of hydrogen-bond donors (Lipinski definition) is 1. The normalized spacial score (nSPS) is 15.9. The largest absolute Gasteiger partial charge is 0.438 e. The van der Waals surface area contributed by atoms with Crippen LogP contribution in [0.2, 0.25) is 0 Å². The fourth-order valence-electron chi connectivity index (χ4n) is 4.86. The summed E-state index contributed by atoms with van der Waals surface area (Å²) in [7, 11) is 1.79. The van der Waals surface area contributed by atoms with Crippen molar-refractivity contribution in [3.63, 3.8) is 0 Å². The molecule has 3 aromatic heterocycles. The number of ether oxygens (including phenoxy) is 1. The molecule has 1 unspecified atom stereocenters. The molecule has 40 heavy (non-hydrogen) atoms. The van der Waals surface area contributed by atoms with E-state index >= 15 is 0 Å². The second kappa shape index (κ2) is 11.7. The summed E-state index contributed by atoms with van der Waals surface area (Å²) >= 11 is 0. The van der Waals surface area contributed by atoms with Crippen molar-refractivity contribution in [2.45, 2.75) is 52.3 Å². The number of hydrogen-bond acceptors (Lipinski definition) is 9. The van der Waals surface area contributed by atoms with Crippen molar-refractivity contribution in [1.82, 2.24) is 40.3 Å². The number of nitrogens with one attached hydrogen (secondary N) is 1. The minimum Gasteiger partial charge on any atom is -0.438 e. The zero-order valence-electron chi connectivity index (χ0n) is 23.1. The third-order valence-corrected chi connectivity index (χ3v) is 7.00. The Morgan fingerprint density at radius 1 is 1.23 bits per heavy atom. The summed E-state index contributed by atoms with van der Waals surface area (Å²) in [5, 5.41) is 20.5. The van der Waals surface area contributed by atoms with Gasteiger partial charge < -0.3 is 10.1 Å². The van der Waals surface area contributed by atoms with E-state index in [1.54, 1.807) is 38.0 Å². The zero-order valence-corrected chi connectivity index (χ0v) is 23.1. The summed E-state index contributed by atoms with van der Waals surface area (Å²) < 4.78 is 6.96. The molecule has 1 aliphatic rings. The van der Waals surface area contributed by atoms with Crippen LogP contribution in [0.1, 0.15) is 55.3 Å². The molecule has 1 amide bonds. The lowest BCUT2D eigenvalue weighted by molar-refractivity contribution is -0.153. The molecular weight excluding hydrogens is 510 g/mol. The number of pyridine rings is 1. The first-order chi connectivity index (χ1) is 19.4. The molecule has 0 radical (unpaired) electrons. The Morgan fingerprint density at radius 3 is 2.73 bits per heavy atom. The summed E-state index contributed by atoms with van der Waals surface area (Å²) in [6.45, 7) is 7.05. The Bertz CT molecular complexity index is 1490. The van der Waals surface area contributed by atoms with Crippen molar-refractivity contribution in [3.05, 3.63) is 59.9 Å². The van der Waals surface area contributed by atoms with Crippen molar-refractivity contribution in [2.75, 3.05) is 18.0 Å². The maximum absolute atomic E-state index is 13.9. The van der Waals surface area contributed by atoms with E-state index < -0.39 is 6.23 Å². The van der Waals surface area contributed by atoms with E-state index in [2.05, 4.69) is 30.8 Å². The molecule has 1 fully saturated rings. The molecule has 0 spiro atoms. The van der Waals surface area contributed by atoms with E-state index in [1.165, 1.54) is 4.80 Å². The molecule has 12 nitrogen and oxygen atoms in total. The van der Waals surface area contributed by atoms with Gasteiger partial charge in [0.1, 0.15) is 11.5 Å². The second-order valence-corrected chi connectivity index (χ2v) is 9.80. The highest BCUT2D eigenvalue weighted by Crippen LogP contribution is 2.31. The van der Waals surface area contributed by atoms with E-state index in [0.29, 0.717) is 22.9 Å². The quantitative estimate of drug-likeness (QED) is 0.332. The highest BCUT2D eigenvalue weighted by atomic mass is 16.6. The number of benzene rings is 1. The first kappa shape index (κ1) is 27.1. The van der Waals surface area contributed by atoms with Crippen LogP contribution in [0, 0.1) is 6.92 Å². The summed E-state index contributed by atoms with van der Waals surface area (Å²) in [4.78, 5) is 33.2. The highest BCUT2D eigenvalue weighted by molar-refractivity contribution is 6.06. The van der Waals surface area contributed by atoms with Gasteiger partial charge in [-0.25, -0.2) is 4.98 Å². The minimum absolute atomic E-state index is 0.0205. The third-order valence-electron chi connectivity index (χ3n) is 7.00. The third kappa shape index (κ3) is 5.48. The molecule has 208 valence electrons. The fraction of sp³-hybridized carbons (Fsp3) is 0.393. The van der Waals surface area contributed by atoms with Crippen LogP contribution in [0.25, 0.3) is 22.6 Å². The first-order valence-electron chi connectivity index (χ1n) is 13.4. The summed E-state index contributed by atoms with van der Waals surface area (Å²) in [6.07, 6.45) is 4.93. The van der Waals surface area contributed by atoms with Gasteiger partial charge >= 0.3 is 5.97 Å². The molecule has 2 atom stereocenters. The molecule has 4 aromatic rings. The fourth-order valence-corrected chi connectivity index (χ4v) is 4.86. The van der Waals surface area contributed by atoms with Crippen molar-refractivity contribution in [3.8, 4) is 22.6 Å². The Kier molecular flexibility index (Phi) is 7.96. The van der Waals surface area contributed by atoms with Gasteiger partial charge in [-0.15, -0.1) is 15.0 Å². The molecule has 1 N–H and O–H groups in total. The number of tetrazole rings is 1.